The topological polar surface area (TPSA) is 49.0 Å². The lowest BCUT2D eigenvalue weighted by molar-refractivity contribution is 0.0805. The van der Waals surface area contributed by atoms with Gasteiger partial charge in [0.1, 0.15) is 17.5 Å². The number of aryl methyl sites for hydroxylation is 1. The lowest BCUT2D eigenvalue weighted by atomic mass is 9.89. The van der Waals surface area contributed by atoms with E-state index in [1.165, 1.54) is 0 Å². The number of likely N-dealkylation sites (tertiary alicyclic amines) is 1. The first-order valence-corrected chi connectivity index (χ1v) is 7.75. The lowest BCUT2D eigenvalue weighted by Crippen LogP contribution is -2.38. The van der Waals surface area contributed by atoms with Gasteiger partial charge in [-0.2, -0.15) is 0 Å². The van der Waals surface area contributed by atoms with Crippen LogP contribution in [0.15, 0.2) is 24.4 Å². The molecule has 122 valence electrons. The Hall–Kier alpha value is -2.08. The summed E-state index contributed by atoms with van der Waals surface area (Å²) >= 11 is 0. The number of rotatable bonds is 4. The molecule has 0 aliphatic carbocycles. The number of nitrogens with one attached hydrogen (secondary N) is 1. The van der Waals surface area contributed by atoms with Crippen LogP contribution in [0.5, 0.6) is 0 Å². The summed E-state index contributed by atoms with van der Waals surface area (Å²) < 4.78 is 27.1. The van der Waals surface area contributed by atoms with E-state index < -0.39 is 11.6 Å². The monoisotopic (exact) mass is 319 g/mol. The van der Waals surface area contributed by atoms with Crippen molar-refractivity contribution in [3.8, 4) is 0 Å². The average Bonchev–Trinajstić information content (AvgIpc) is 2.94. The molecule has 1 N–H and O–H groups in total. The van der Waals surface area contributed by atoms with E-state index in [2.05, 4.69) is 14.9 Å². The minimum Gasteiger partial charge on any atom is -0.345 e. The molecule has 1 aliphatic heterocycles. The number of aromatic amines is 1. The Bertz CT molecular complexity index is 714. The highest BCUT2D eigenvalue weighted by molar-refractivity contribution is 5.98. The number of carbonyl (C=O) groups excluding carboxylic acids is 1. The smallest absolute Gasteiger partial charge is 0.170 e. The fraction of sp³-hybridized carbons (Fsp3) is 0.412. The Morgan fingerprint density at radius 2 is 2.26 bits per heavy atom. The SMILES string of the molecule is Cc1ncc(CN2CCCC(C(=O)c3cc(F)ccc3F)C2)[nH]1. The van der Waals surface area contributed by atoms with Gasteiger partial charge in [0.25, 0.3) is 0 Å². The van der Waals surface area contributed by atoms with Crippen LogP contribution in [0, 0.1) is 24.5 Å². The van der Waals surface area contributed by atoms with Crippen LogP contribution in [-0.2, 0) is 6.54 Å². The molecule has 6 heteroatoms. The zero-order valence-corrected chi connectivity index (χ0v) is 13.0. The zero-order valence-electron chi connectivity index (χ0n) is 13.0. The van der Waals surface area contributed by atoms with Crippen LogP contribution in [0.1, 0.15) is 34.7 Å². The van der Waals surface area contributed by atoms with Crippen molar-refractivity contribution in [3.63, 3.8) is 0 Å². The Morgan fingerprint density at radius 3 is 3.00 bits per heavy atom. The Labute approximate surface area is 133 Å². The summed E-state index contributed by atoms with van der Waals surface area (Å²) in [5, 5.41) is 0. The second kappa shape index (κ2) is 6.58. The number of H-pyrrole nitrogens is 1. The van der Waals surface area contributed by atoms with Crippen molar-refractivity contribution in [1.82, 2.24) is 14.9 Å². The average molecular weight is 319 g/mol. The predicted octanol–water partition coefficient (Wildman–Crippen LogP) is 3.09. The number of aromatic nitrogens is 2. The van der Waals surface area contributed by atoms with Gasteiger partial charge in [0.2, 0.25) is 0 Å². The maximum absolute atomic E-state index is 13.8. The van der Waals surface area contributed by atoms with Crippen LogP contribution >= 0.6 is 0 Å². The first kappa shape index (κ1) is 15.8. The number of nitrogens with zero attached hydrogens (tertiary/aromatic N) is 2. The molecule has 1 aliphatic rings. The lowest BCUT2D eigenvalue weighted by Gasteiger charge is -2.31. The van der Waals surface area contributed by atoms with E-state index in [1.54, 1.807) is 6.20 Å². The van der Waals surface area contributed by atoms with E-state index >= 15 is 0 Å². The van der Waals surface area contributed by atoms with Gasteiger partial charge in [-0.05, 0) is 44.5 Å². The summed E-state index contributed by atoms with van der Waals surface area (Å²) in [6.07, 6.45) is 3.35. The second-order valence-corrected chi connectivity index (χ2v) is 6.06. The molecule has 1 aromatic carbocycles. The molecule has 1 atom stereocenters. The maximum atomic E-state index is 13.8. The molecule has 0 amide bonds. The third kappa shape index (κ3) is 3.64. The van der Waals surface area contributed by atoms with Crippen molar-refractivity contribution in [2.45, 2.75) is 26.3 Å². The van der Waals surface area contributed by atoms with Crippen molar-refractivity contribution < 1.29 is 13.6 Å². The molecule has 1 aromatic heterocycles. The van der Waals surface area contributed by atoms with Gasteiger partial charge in [-0.1, -0.05) is 0 Å². The Kier molecular flexibility index (Phi) is 4.52. The normalized spacial score (nSPS) is 19.0. The largest absolute Gasteiger partial charge is 0.345 e. The summed E-state index contributed by atoms with van der Waals surface area (Å²) in [6, 6.07) is 3.03. The van der Waals surface area contributed by atoms with Gasteiger partial charge in [0, 0.05) is 30.9 Å². The van der Waals surface area contributed by atoms with Gasteiger partial charge in [-0.3, -0.25) is 9.69 Å². The highest BCUT2D eigenvalue weighted by Crippen LogP contribution is 2.23. The number of ketones is 1. The number of Topliss-reactive ketones (excluding diaryl/α,β-unsaturated/α-hetero) is 1. The summed E-state index contributed by atoms with van der Waals surface area (Å²) in [5.41, 5.74) is 0.849. The van der Waals surface area contributed by atoms with Gasteiger partial charge in [0.15, 0.2) is 5.78 Å². The number of carbonyl (C=O) groups is 1. The van der Waals surface area contributed by atoms with E-state index in [4.69, 9.17) is 0 Å². The van der Waals surface area contributed by atoms with Crippen molar-refractivity contribution >= 4 is 5.78 Å². The molecule has 1 saturated heterocycles. The summed E-state index contributed by atoms with van der Waals surface area (Å²) in [5.74, 6) is -1.00. The highest BCUT2D eigenvalue weighted by atomic mass is 19.1. The number of imidazole rings is 1. The van der Waals surface area contributed by atoms with E-state index in [-0.39, 0.29) is 17.3 Å². The quantitative estimate of drug-likeness (QED) is 0.881. The molecule has 4 nitrogen and oxygen atoms in total. The number of benzene rings is 1. The minimum atomic E-state index is -0.655. The summed E-state index contributed by atoms with van der Waals surface area (Å²) in [7, 11) is 0. The molecule has 1 unspecified atom stereocenters. The zero-order chi connectivity index (χ0) is 16.4. The molecule has 2 heterocycles. The van der Waals surface area contributed by atoms with Gasteiger partial charge in [-0.25, -0.2) is 13.8 Å². The molecular weight excluding hydrogens is 300 g/mol. The fourth-order valence-electron chi connectivity index (χ4n) is 3.11. The van der Waals surface area contributed by atoms with E-state index in [0.29, 0.717) is 19.5 Å². The van der Waals surface area contributed by atoms with Crippen molar-refractivity contribution in [1.29, 1.82) is 0 Å². The first-order chi connectivity index (χ1) is 11.0. The van der Waals surface area contributed by atoms with Crippen LogP contribution < -0.4 is 0 Å². The van der Waals surface area contributed by atoms with Crippen molar-refractivity contribution in [3.05, 3.63) is 53.1 Å². The summed E-state index contributed by atoms with van der Waals surface area (Å²) in [6.45, 7) is 4.00. The molecule has 2 aromatic rings. The number of hydrogen-bond acceptors (Lipinski definition) is 3. The van der Waals surface area contributed by atoms with Gasteiger partial charge in [0.05, 0.1) is 5.56 Å². The van der Waals surface area contributed by atoms with Crippen molar-refractivity contribution in [2.24, 2.45) is 5.92 Å². The molecular formula is C17H19F2N3O. The standard InChI is InChI=1S/C17H19F2N3O/c1-11-20-8-14(21-11)10-22-6-2-3-12(9-22)17(23)15-7-13(18)4-5-16(15)19/h4-5,7-8,12H,2-3,6,9-10H2,1H3,(H,20,21). The van der Waals surface area contributed by atoms with E-state index in [9.17, 15) is 13.6 Å². The number of halogens is 2. The number of piperidine rings is 1. The van der Waals surface area contributed by atoms with Crippen LogP contribution in [0.2, 0.25) is 0 Å². The maximum Gasteiger partial charge on any atom is 0.170 e. The molecule has 0 saturated carbocycles. The minimum absolute atomic E-state index is 0.144. The highest BCUT2D eigenvalue weighted by Gasteiger charge is 2.28. The van der Waals surface area contributed by atoms with Crippen molar-refractivity contribution in [2.75, 3.05) is 13.1 Å². The Balaban J connectivity index is 1.70. The molecule has 23 heavy (non-hydrogen) atoms. The summed E-state index contributed by atoms with van der Waals surface area (Å²) in [4.78, 5) is 22.0. The van der Waals surface area contributed by atoms with Gasteiger partial charge >= 0.3 is 0 Å². The van der Waals surface area contributed by atoms with Crippen LogP contribution in [0.3, 0.4) is 0 Å². The molecule has 0 bridgehead atoms. The van der Waals surface area contributed by atoms with Crippen LogP contribution in [0.4, 0.5) is 8.78 Å². The van der Waals surface area contributed by atoms with Gasteiger partial charge < -0.3 is 4.98 Å². The van der Waals surface area contributed by atoms with Gasteiger partial charge in [-0.15, -0.1) is 0 Å². The predicted molar refractivity (Wildman–Crippen MR) is 82.0 cm³/mol. The molecule has 3 rings (SSSR count). The molecule has 0 spiro atoms. The second-order valence-electron chi connectivity index (χ2n) is 6.06. The van der Waals surface area contributed by atoms with Crippen LogP contribution in [0.25, 0.3) is 0 Å². The Morgan fingerprint density at radius 1 is 1.43 bits per heavy atom. The van der Waals surface area contributed by atoms with Crippen LogP contribution in [-0.4, -0.2) is 33.7 Å². The molecule has 1 fully saturated rings. The molecule has 0 radical (unpaired) electrons. The number of hydrogen-bond donors (Lipinski definition) is 1. The first-order valence-electron chi connectivity index (χ1n) is 7.75. The third-order valence-electron chi connectivity index (χ3n) is 4.22. The fourth-order valence-corrected chi connectivity index (χ4v) is 3.11. The van der Waals surface area contributed by atoms with E-state index in [1.807, 2.05) is 6.92 Å². The third-order valence-corrected chi connectivity index (χ3v) is 4.22. The van der Waals surface area contributed by atoms with E-state index in [0.717, 1.165) is 42.7 Å².